The molecule has 11 heavy (non-hydrogen) atoms. The lowest BCUT2D eigenvalue weighted by Crippen LogP contribution is -2.34. The molecule has 0 bridgehead atoms. The zero-order valence-corrected chi connectivity index (χ0v) is 7.20. The first-order valence-corrected chi connectivity index (χ1v) is 3.68. The third kappa shape index (κ3) is 5.79. The predicted octanol–water partition coefficient (Wildman–Crippen LogP) is 1.06. The molecule has 1 atom stereocenters. The van der Waals surface area contributed by atoms with Gasteiger partial charge in [0, 0.05) is 4.92 Å². The zero-order chi connectivity index (χ0) is 9.07. The van der Waals surface area contributed by atoms with Crippen molar-refractivity contribution >= 4 is 0 Å². The molecule has 0 spiro atoms. The van der Waals surface area contributed by atoms with Gasteiger partial charge in [-0.25, -0.2) is 0 Å². The first-order valence-electron chi connectivity index (χ1n) is 3.68. The summed E-state index contributed by atoms with van der Waals surface area (Å²) in [6.45, 7) is 4.98. The van der Waals surface area contributed by atoms with Crippen molar-refractivity contribution in [1.29, 1.82) is 0 Å². The van der Waals surface area contributed by atoms with E-state index in [0.717, 1.165) is 0 Å². The normalized spacial score (nSPS) is 16.5. The number of aliphatic hydroxyl groups is 1. The van der Waals surface area contributed by atoms with Gasteiger partial charge in [0.15, 0.2) is 0 Å². The summed E-state index contributed by atoms with van der Waals surface area (Å²) < 4.78 is 0. The summed E-state index contributed by atoms with van der Waals surface area (Å²) in [5.41, 5.74) is -1.16. The fourth-order valence-electron chi connectivity index (χ4n) is 1.22. The first-order chi connectivity index (χ1) is 4.83. The molecule has 4 nitrogen and oxygen atoms in total. The van der Waals surface area contributed by atoms with Crippen molar-refractivity contribution in [1.82, 2.24) is 0 Å². The quantitative estimate of drug-likeness (QED) is 0.495. The van der Waals surface area contributed by atoms with Gasteiger partial charge >= 0.3 is 0 Å². The van der Waals surface area contributed by atoms with Crippen LogP contribution in [0, 0.1) is 16.0 Å². The molecule has 0 saturated heterocycles. The summed E-state index contributed by atoms with van der Waals surface area (Å²) in [7, 11) is 0. The Bertz CT molecular complexity index is 143. The number of hydrogen-bond donors (Lipinski definition) is 1. The van der Waals surface area contributed by atoms with E-state index >= 15 is 0 Å². The lowest BCUT2D eigenvalue weighted by molar-refractivity contribution is -0.500. The third-order valence-corrected chi connectivity index (χ3v) is 1.32. The molecule has 0 aromatic rings. The Morgan fingerprint density at radius 1 is 1.64 bits per heavy atom. The highest BCUT2D eigenvalue weighted by atomic mass is 16.6. The highest BCUT2D eigenvalue weighted by Crippen LogP contribution is 2.15. The molecule has 0 aromatic carbocycles. The molecule has 0 aromatic heterocycles. The van der Waals surface area contributed by atoms with Crippen molar-refractivity contribution in [2.75, 3.05) is 6.54 Å². The fourth-order valence-corrected chi connectivity index (χ4v) is 1.22. The lowest BCUT2D eigenvalue weighted by Gasteiger charge is -2.20. The Morgan fingerprint density at radius 2 is 2.09 bits per heavy atom. The van der Waals surface area contributed by atoms with E-state index in [1.807, 2.05) is 13.8 Å². The van der Waals surface area contributed by atoms with Gasteiger partial charge in [0.1, 0.15) is 5.60 Å². The Balaban J connectivity index is 3.89. The molecule has 4 heteroatoms. The van der Waals surface area contributed by atoms with Crippen molar-refractivity contribution < 1.29 is 10.0 Å². The summed E-state index contributed by atoms with van der Waals surface area (Å²) in [5, 5.41) is 19.5. The van der Waals surface area contributed by atoms with Crippen molar-refractivity contribution in [3.63, 3.8) is 0 Å². The Kier molecular flexibility index (Phi) is 3.45. The molecular formula is C7H15NO3. The largest absolute Gasteiger partial charge is 0.383 e. The van der Waals surface area contributed by atoms with Crippen molar-refractivity contribution in [2.45, 2.75) is 32.8 Å². The molecule has 0 aliphatic rings. The van der Waals surface area contributed by atoms with Gasteiger partial charge in [-0.15, -0.1) is 0 Å². The standard InChI is InChI=1S/C7H15NO3/c1-6(2)4-7(3,9)5-8(10)11/h6,9H,4-5H2,1-3H3. The number of rotatable bonds is 4. The Hall–Kier alpha value is -0.640. The van der Waals surface area contributed by atoms with E-state index < -0.39 is 10.5 Å². The summed E-state index contributed by atoms with van der Waals surface area (Å²) in [6.07, 6.45) is 0.466. The molecule has 1 N–H and O–H groups in total. The number of nitro groups is 1. The smallest absolute Gasteiger partial charge is 0.231 e. The van der Waals surface area contributed by atoms with Gasteiger partial charge in [-0.05, 0) is 19.3 Å². The van der Waals surface area contributed by atoms with E-state index in [1.54, 1.807) is 0 Å². The maximum Gasteiger partial charge on any atom is 0.231 e. The van der Waals surface area contributed by atoms with Gasteiger partial charge in [-0.2, -0.15) is 0 Å². The van der Waals surface area contributed by atoms with Crippen LogP contribution in [0.5, 0.6) is 0 Å². The topological polar surface area (TPSA) is 63.4 Å². The summed E-state index contributed by atoms with van der Waals surface area (Å²) >= 11 is 0. The van der Waals surface area contributed by atoms with Crippen LogP contribution in [-0.2, 0) is 0 Å². The van der Waals surface area contributed by atoms with E-state index in [1.165, 1.54) is 6.92 Å². The lowest BCUT2D eigenvalue weighted by atomic mass is 9.95. The highest BCUT2D eigenvalue weighted by molar-refractivity contribution is 4.72. The van der Waals surface area contributed by atoms with Gasteiger partial charge < -0.3 is 5.11 Å². The molecule has 0 saturated carbocycles. The van der Waals surface area contributed by atoms with Crippen LogP contribution in [0.4, 0.5) is 0 Å². The van der Waals surface area contributed by atoms with Crippen LogP contribution in [0.15, 0.2) is 0 Å². The van der Waals surface area contributed by atoms with Crippen LogP contribution >= 0.6 is 0 Å². The molecule has 0 aliphatic carbocycles. The minimum atomic E-state index is -1.16. The molecule has 66 valence electrons. The molecule has 0 fully saturated rings. The summed E-state index contributed by atoms with van der Waals surface area (Å²) in [4.78, 5) is 9.56. The second-order valence-electron chi connectivity index (χ2n) is 3.59. The van der Waals surface area contributed by atoms with Crippen molar-refractivity contribution in [3.05, 3.63) is 10.1 Å². The van der Waals surface area contributed by atoms with Crippen LogP contribution in [-0.4, -0.2) is 22.2 Å². The minimum Gasteiger partial charge on any atom is -0.383 e. The summed E-state index contributed by atoms with van der Waals surface area (Å²) in [6, 6.07) is 0. The number of hydrogen-bond acceptors (Lipinski definition) is 3. The van der Waals surface area contributed by atoms with Gasteiger partial charge in [0.25, 0.3) is 0 Å². The minimum absolute atomic E-state index is 0.282. The molecule has 0 radical (unpaired) electrons. The van der Waals surface area contributed by atoms with Crippen LogP contribution < -0.4 is 0 Å². The Morgan fingerprint density at radius 3 is 2.36 bits per heavy atom. The Labute approximate surface area is 66.4 Å². The molecule has 1 unspecified atom stereocenters. The SMILES string of the molecule is CC(C)CC(C)(O)C[N+](=O)[O-]. The van der Waals surface area contributed by atoms with E-state index in [4.69, 9.17) is 0 Å². The van der Waals surface area contributed by atoms with Gasteiger partial charge in [-0.3, -0.25) is 10.1 Å². The van der Waals surface area contributed by atoms with Gasteiger partial charge in [-0.1, -0.05) is 13.8 Å². The maximum absolute atomic E-state index is 10.0. The average Bonchev–Trinajstić information content (AvgIpc) is 1.53. The van der Waals surface area contributed by atoms with Crippen LogP contribution in [0.2, 0.25) is 0 Å². The van der Waals surface area contributed by atoms with Crippen LogP contribution in [0.1, 0.15) is 27.2 Å². The average molecular weight is 161 g/mol. The molecule has 0 heterocycles. The summed E-state index contributed by atoms with van der Waals surface area (Å²) in [5.74, 6) is 0.282. The van der Waals surface area contributed by atoms with E-state index in [-0.39, 0.29) is 12.5 Å². The van der Waals surface area contributed by atoms with Crippen LogP contribution in [0.25, 0.3) is 0 Å². The van der Waals surface area contributed by atoms with Crippen LogP contribution in [0.3, 0.4) is 0 Å². The molecule has 0 amide bonds. The highest BCUT2D eigenvalue weighted by Gasteiger charge is 2.27. The van der Waals surface area contributed by atoms with Crippen molar-refractivity contribution in [3.8, 4) is 0 Å². The molecular weight excluding hydrogens is 146 g/mol. The van der Waals surface area contributed by atoms with Gasteiger partial charge in [0.05, 0.1) is 0 Å². The second kappa shape index (κ2) is 3.67. The van der Waals surface area contributed by atoms with Gasteiger partial charge in [0.2, 0.25) is 6.54 Å². The molecule has 0 rings (SSSR count). The molecule has 0 aliphatic heterocycles. The van der Waals surface area contributed by atoms with E-state index in [2.05, 4.69) is 0 Å². The second-order valence-corrected chi connectivity index (χ2v) is 3.59. The zero-order valence-electron chi connectivity index (χ0n) is 7.20. The van der Waals surface area contributed by atoms with E-state index in [9.17, 15) is 15.2 Å². The monoisotopic (exact) mass is 161 g/mol. The first kappa shape index (κ1) is 10.4. The maximum atomic E-state index is 10.0. The fraction of sp³-hybridized carbons (Fsp3) is 1.00. The predicted molar refractivity (Wildman–Crippen MR) is 41.9 cm³/mol. The van der Waals surface area contributed by atoms with E-state index in [0.29, 0.717) is 6.42 Å². The van der Waals surface area contributed by atoms with Crippen molar-refractivity contribution in [2.24, 2.45) is 5.92 Å². The number of nitrogens with zero attached hydrogens (tertiary/aromatic N) is 1. The third-order valence-electron chi connectivity index (χ3n) is 1.32.